The van der Waals surface area contributed by atoms with Crippen molar-refractivity contribution in [3.8, 4) is 0 Å². The molecule has 132 valence electrons. The van der Waals surface area contributed by atoms with Crippen molar-refractivity contribution >= 4 is 17.5 Å². The lowest BCUT2D eigenvalue weighted by molar-refractivity contribution is -0.123. The fraction of sp³-hybridized carbons (Fsp3) is 0.632. The van der Waals surface area contributed by atoms with Crippen LogP contribution in [0.5, 0.6) is 0 Å². The Morgan fingerprint density at radius 2 is 1.88 bits per heavy atom. The van der Waals surface area contributed by atoms with E-state index in [2.05, 4.69) is 15.1 Å². The van der Waals surface area contributed by atoms with Gasteiger partial charge in [0.05, 0.1) is 12.6 Å². The number of halogens is 1. The van der Waals surface area contributed by atoms with E-state index in [1.165, 1.54) is 38.8 Å². The molecule has 2 fully saturated rings. The maximum atomic E-state index is 12.3. The van der Waals surface area contributed by atoms with Crippen LogP contribution >= 0.6 is 11.6 Å². The Kier molecular flexibility index (Phi) is 6.14. The van der Waals surface area contributed by atoms with Gasteiger partial charge in [-0.05, 0) is 57.3 Å². The molecular formula is C19H28ClN3O. The molecule has 2 aliphatic rings. The fourth-order valence-corrected chi connectivity index (χ4v) is 4.24. The van der Waals surface area contributed by atoms with Crippen LogP contribution in [0.1, 0.15) is 44.2 Å². The third-order valence-electron chi connectivity index (χ3n) is 5.33. The van der Waals surface area contributed by atoms with Crippen molar-refractivity contribution in [2.75, 3.05) is 32.7 Å². The Balaban J connectivity index is 1.43. The number of hydrogen-bond donors (Lipinski definition) is 1. The summed E-state index contributed by atoms with van der Waals surface area (Å²) in [6, 6.07) is 8.36. The summed E-state index contributed by atoms with van der Waals surface area (Å²) < 4.78 is 0. The van der Waals surface area contributed by atoms with E-state index in [0.717, 1.165) is 24.7 Å². The molecule has 0 saturated carbocycles. The van der Waals surface area contributed by atoms with Gasteiger partial charge in [-0.15, -0.1) is 0 Å². The summed E-state index contributed by atoms with van der Waals surface area (Å²) in [6.07, 6.45) is 5.08. The van der Waals surface area contributed by atoms with Crippen LogP contribution in [0.4, 0.5) is 0 Å². The maximum Gasteiger partial charge on any atom is 0.234 e. The molecule has 0 aliphatic carbocycles. The highest BCUT2D eigenvalue weighted by atomic mass is 35.5. The van der Waals surface area contributed by atoms with Gasteiger partial charge in [-0.1, -0.05) is 29.8 Å². The standard InChI is InChI=1S/C19H28ClN3O/c1-15(17-6-2-3-7-18(17)20)21-19(24)14-22-12-8-16(9-13-22)23-10-4-5-11-23/h2-3,6-7,15-16H,4-5,8-14H2,1H3,(H,21,24). The van der Waals surface area contributed by atoms with Crippen molar-refractivity contribution < 1.29 is 4.79 Å². The molecule has 1 atom stereocenters. The molecule has 1 amide bonds. The zero-order chi connectivity index (χ0) is 16.9. The number of likely N-dealkylation sites (tertiary alicyclic amines) is 2. The minimum absolute atomic E-state index is 0.0617. The van der Waals surface area contributed by atoms with E-state index in [1.54, 1.807) is 0 Å². The summed E-state index contributed by atoms with van der Waals surface area (Å²) in [7, 11) is 0. The number of carbonyl (C=O) groups is 1. The molecule has 1 unspecified atom stereocenters. The summed E-state index contributed by atoms with van der Waals surface area (Å²) in [5, 5.41) is 3.78. The number of nitrogens with zero attached hydrogens (tertiary/aromatic N) is 2. The highest BCUT2D eigenvalue weighted by molar-refractivity contribution is 6.31. The molecule has 0 radical (unpaired) electrons. The minimum Gasteiger partial charge on any atom is -0.348 e. The number of nitrogens with one attached hydrogen (secondary N) is 1. The topological polar surface area (TPSA) is 35.6 Å². The predicted molar refractivity (Wildman–Crippen MR) is 98.3 cm³/mol. The van der Waals surface area contributed by atoms with Crippen LogP contribution in [0.15, 0.2) is 24.3 Å². The Labute approximate surface area is 150 Å². The monoisotopic (exact) mass is 349 g/mol. The second kappa shape index (κ2) is 8.32. The van der Waals surface area contributed by atoms with Gasteiger partial charge >= 0.3 is 0 Å². The van der Waals surface area contributed by atoms with Gasteiger partial charge in [0.2, 0.25) is 5.91 Å². The van der Waals surface area contributed by atoms with E-state index >= 15 is 0 Å². The molecule has 1 N–H and O–H groups in total. The minimum atomic E-state index is -0.0617. The van der Waals surface area contributed by atoms with E-state index in [4.69, 9.17) is 11.6 Å². The van der Waals surface area contributed by atoms with E-state index in [-0.39, 0.29) is 11.9 Å². The van der Waals surface area contributed by atoms with Gasteiger partial charge in [0.25, 0.3) is 0 Å². The second-order valence-electron chi connectivity index (χ2n) is 7.06. The third-order valence-corrected chi connectivity index (χ3v) is 5.67. The summed E-state index contributed by atoms with van der Waals surface area (Å²) in [6.45, 7) is 7.05. The molecular weight excluding hydrogens is 322 g/mol. The van der Waals surface area contributed by atoms with Crippen LogP contribution in [0.25, 0.3) is 0 Å². The van der Waals surface area contributed by atoms with Crippen molar-refractivity contribution in [2.45, 2.75) is 44.7 Å². The SMILES string of the molecule is CC(NC(=O)CN1CCC(N2CCCC2)CC1)c1ccccc1Cl. The molecule has 0 bridgehead atoms. The summed E-state index contributed by atoms with van der Waals surface area (Å²) >= 11 is 6.21. The lowest BCUT2D eigenvalue weighted by atomic mass is 10.0. The Morgan fingerprint density at radius 1 is 1.21 bits per heavy atom. The molecule has 0 spiro atoms. The lowest BCUT2D eigenvalue weighted by Gasteiger charge is -2.36. The number of benzene rings is 1. The summed E-state index contributed by atoms with van der Waals surface area (Å²) in [4.78, 5) is 17.3. The van der Waals surface area contributed by atoms with Gasteiger partial charge in [0.1, 0.15) is 0 Å². The van der Waals surface area contributed by atoms with Crippen LogP contribution in [0.3, 0.4) is 0 Å². The summed E-state index contributed by atoms with van der Waals surface area (Å²) in [5.74, 6) is 0.0852. The Bertz CT molecular complexity index is 551. The molecule has 1 aromatic rings. The fourth-order valence-electron chi connectivity index (χ4n) is 3.94. The van der Waals surface area contributed by atoms with Crippen LogP contribution in [-0.4, -0.2) is 54.5 Å². The van der Waals surface area contributed by atoms with Gasteiger partial charge in [0, 0.05) is 24.2 Å². The number of piperidine rings is 1. The Morgan fingerprint density at radius 3 is 2.54 bits per heavy atom. The first-order valence-corrected chi connectivity index (χ1v) is 9.51. The van der Waals surface area contributed by atoms with Crippen LogP contribution in [-0.2, 0) is 4.79 Å². The van der Waals surface area contributed by atoms with Crippen molar-refractivity contribution in [3.63, 3.8) is 0 Å². The highest BCUT2D eigenvalue weighted by Gasteiger charge is 2.27. The molecule has 0 aromatic heterocycles. The van der Waals surface area contributed by atoms with Gasteiger partial charge < -0.3 is 10.2 Å². The van der Waals surface area contributed by atoms with E-state index < -0.39 is 0 Å². The molecule has 1 aromatic carbocycles. The van der Waals surface area contributed by atoms with Crippen molar-refractivity contribution in [2.24, 2.45) is 0 Å². The molecule has 3 rings (SSSR count). The lowest BCUT2D eigenvalue weighted by Crippen LogP contribution is -2.47. The Hall–Kier alpha value is -1.10. The average Bonchev–Trinajstić information content (AvgIpc) is 3.10. The van der Waals surface area contributed by atoms with E-state index in [0.29, 0.717) is 11.6 Å². The van der Waals surface area contributed by atoms with Gasteiger partial charge in [-0.25, -0.2) is 0 Å². The molecule has 2 saturated heterocycles. The largest absolute Gasteiger partial charge is 0.348 e. The zero-order valence-electron chi connectivity index (χ0n) is 14.5. The number of hydrogen-bond acceptors (Lipinski definition) is 3. The van der Waals surface area contributed by atoms with Crippen LogP contribution in [0.2, 0.25) is 5.02 Å². The van der Waals surface area contributed by atoms with Crippen LogP contribution < -0.4 is 5.32 Å². The first-order chi connectivity index (χ1) is 11.6. The van der Waals surface area contributed by atoms with Crippen molar-refractivity contribution in [3.05, 3.63) is 34.9 Å². The second-order valence-corrected chi connectivity index (χ2v) is 7.47. The number of rotatable bonds is 5. The normalized spacial score (nSPS) is 21.8. The predicted octanol–water partition coefficient (Wildman–Crippen LogP) is 3.08. The quantitative estimate of drug-likeness (QED) is 0.887. The zero-order valence-corrected chi connectivity index (χ0v) is 15.3. The maximum absolute atomic E-state index is 12.3. The molecule has 2 heterocycles. The summed E-state index contributed by atoms with van der Waals surface area (Å²) in [5.41, 5.74) is 0.972. The van der Waals surface area contributed by atoms with E-state index in [9.17, 15) is 4.79 Å². The molecule has 2 aliphatic heterocycles. The van der Waals surface area contributed by atoms with Crippen molar-refractivity contribution in [1.82, 2.24) is 15.1 Å². The first kappa shape index (κ1) is 17.7. The third kappa shape index (κ3) is 4.50. The number of carbonyl (C=O) groups excluding carboxylic acids is 1. The molecule has 4 nitrogen and oxygen atoms in total. The highest BCUT2D eigenvalue weighted by Crippen LogP contribution is 2.23. The molecule has 24 heavy (non-hydrogen) atoms. The first-order valence-electron chi connectivity index (χ1n) is 9.13. The van der Waals surface area contributed by atoms with Crippen molar-refractivity contribution in [1.29, 1.82) is 0 Å². The smallest absolute Gasteiger partial charge is 0.234 e. The van der Waals surface area contributed by atoms with Crippen LogP contribution in [0, 0.1) is 0 Å². The number of amides is 1. The van der Waals surface area contributed by atoms with E-state index in [1.807, 2.05) is 31.2 Å². The average molecular weight is 350 g/mol. The van der Waals surface area contributed by atoms with Gasteiger partial charge in [0.15, 0.2) is 0 Å². The van der Waals surface area contributed by atoms with Gasteiger partial charge in [-0.3, -0.25) is 9.69 Å². The molecule has 5 heteroatoms. The van der Waals surface area contributed by atoms with Gasteiger partial charge in [-0.2, -0.15) is 0 Å².